The fraction of sp³-hybridized carbons (Fsp3) is 0.842. The number of fused-ring (bicyclic) bond motifs is 1. The number of aliphatic carboxylic acids is 1. The number of piperidine rings is 1. The summed E-state index contributed by atoms with van der Waals surface area (Å²) < 4.78 is 5.28. The molecule has 1 heterocycles. The fourth-order valence-corrected chi connectivity index (χ4v) is 4.04. The third-order valence-electron chi connectivity index (χ3n) is 5.52. The van der Waals surface area contributed by atoms with E-state index in [1.807, 2.05) is 34.6 Å². The highest BCUT2D eigenvalue weighted by Gasteiger charge is 2.70. The molecule has 0 radical (unpaired) electrons. The van der Waals surface area contributed by atoms with Gasteiger partial charge in [0.05, 0.1) is 0 Å². The Kier molecular flexibility index (Phi) is 4.84. The number of alkyl carbamates (subject to hydrolysis) is 1. The first-order valence-corrected chi connectivity index (χ1v) is 9.10. The summed E-state index contributed by atoms with van der Waals surface area (Å²) in [6.45, 7) is 15.2. The SMILES string of the molecule is CC(C)(C)OC(=O)N[C@H](C(=O)N1C[C@H]2[C@@H]([C@H]1C(=O)O)C2(C)C)C(C)(C)C. The van der Waals surface area contributed by atoms with Crippen molar-refractivity contribution < 1.29 is 24.2 Å². The Morgan fingerprint density at radius 3 is 2.12 bits per heavy atom. The molecule has 2 fully saturated rings. The molecule has 1 saturated carbocycles. The highest BCUT2D eigenvalue weighted by molar-refractivity contribution is 5.91. The second-order valence-corrected chi connectivity index (χ2v) is 10.2. The van der Waals surface area contributed by atoms with Gasteiger partial charge >= 0.3 is 12.1 Å². The number of hydrogen-bond donors (Lipinski definition) is 2. The Balaban J connectivity index is 2.20. The lowest BCUT2D eigenvalue weighted by Gasteiger charge is -2.37. The van der Waals surface area contributed by atoms with Crippen LogP contribution in [0.25, 0.3) is 0 Å². The standard InChI is InChI=1S/C19H32N2O5/c1-17(2,3)13(20-16(25)26-18(4,5)6)14(22)21-9-10-11(19(10,7)8)12(21)15(23)24/h10-13H,9H2,1-8H3,(H,20,25)(H,23,24)/t10-,11-,12-,13+/m0/s1. The average Bonchev–Trinajstić information content (AvgIpc) is 2.81. The summed E-state index contributed by atoms with van der Waals surface area (Å²) in [4.78, 5) is 38.6. The second-order valence-electron chi connectivity index (χ2n) is 10.2. The van der Waals surface area contributed by atoms with Crippen LogP contribution in [-0.2, 0) is 14.3 Å². The number of hydrogen-bond acceptors (Lipinski definition) is 4. The maximum Gasteiger partial charge on any atom is 0.408 e. The van der Waals surface area contributed by atoms with E-state index in [-0.39, 0.29) is 23.2 Å². The third kappa shape index (κ3) is 3.81. The molecule has 0 aromatic carbocycles. The lowest BCUT2D eigenvalue weighted by atomic mass is 9.85. The molecule has 2 N–H and O–H groups in total. The first-order valence-electron chi connectivity index (χ1n) is 9.10. The molecule has 4 atom stereocenters. The number of nitrogens with one attached hydrogen (secondary N) is 1. The number of likely N-dealkylation sites (tertiary alicyclic amines) is 1. The molecule has 7 nitrogen and oxygen atoms in total. The minimum Gasteiger partial charge on any atom is -0.480 e. The molecule has 0 aromatic rings. The smallest absolute Gasteiger partial charge is 0.408 e. The monoisotopic (exact) mass is 368 g/mol. The maximum absolute atomic E-state index is 13.2. The van der Waals surface area contributed by atoms with Gasteiger partial charge in [0.25, 0.3) is 0 Å². The zero-order valence-electron chi connectivity index (χ0n) is 17.0. The molecule has 148 valence electrons. The Morgan fingerprint density at radius 2 is 1.69 bits per heavy atom. The van der Waals surface area contributed by atoms with Crippen LogP contribution in [0.3, 0.4) is 0 Å². The second kappa shape index (κ2) is 6.13. The van der Waals surface area contributed by atoms with E-state index in [9.17, 15) is 19.5 Å². The predicted octanol–water partition coefficient (Wildman–Crippen LogP) is 2.49. The molecule has 0 bridgehead atoms. The zero-order chi connectivity index (χ0) is 20.2. The van der Waals surface area contributed by atoms with Gasteiger partial charge in [0.15, 0.2) is 0 Å². The molecule has 2 aliphatic rings. The van der Waals surface area contributed by atoms with Gasteiger partial charge in [-0.05, 0) is 37.5 Å². The van der Waals surface area contributed by atoms with Crippen LogP contribution in [-0.4, -0.2) is 52.2 Å². The summed E-state index contributed by atoms with van der Waals surface area (Å²) in [7, 11) is 0. The van der Waals surface area contributed by atoms with Gasteiger partial charge in [-0.3, -0.25) is 4.79 Å². The molecule has 0 spiro atoms. The number of carbonyl (C=O) groups excluding carboxylic acids is 2. The maximum atomic E-state index is 13.2. The summed E-state index contributed by atoms with van der Waals surface area (Å²) in [6.07, 6.45) is -0.678. The van der Waals surface area contributed by atoms with E-state index in [2.05, 4.69) is 5.32 Å². The summed E-state index contributed by atoms with van der Waals surface area (Å²) in [6, 6.07) is -1.70. The largest absolute Gasteiger partial charge is 0.480 e. The number of rotatable bonds is 3. The number of ether oxygens (including phenoxy) is 1. The molecule has 26 heavy (non-hydrogen) atoms. The van der Waals surface area contributed by atoms with E-state index in [0.717, 1.165) is 0 Å². The molecule has 7 heteroatoms. The van der Waals surface area contributed by atoms with Gasteiger partial charge < -0.3 is 20.1 Å². The van der Waals surface area contributed by atoms with Crippen LogP contribution in [0.4, 0.5) is 4.79 Å². The topological polar surface area (TPSA) is 95.9 Å². The van der Waals surface area contributed by atoms with Gasteiger partial charge in [0, 0.05) is 12.5 Å². The van der Waals surface area contributed by atoms with Crippen molar-refractivity contribution in [3.8, 4) is 0 Å². The van der Waals surface area contributed by atoms with E-state index >= 15 is 0 Å². The lowest BCUT2D eigenvalue weighted by molar-refractivity contribution is -0.152. The molecule has 1 aliphatic heterocycles. The van der Waals surface area contributed by atoms with E-state index in [1.165, 1.54) is 4.90 Å². The van der Waals surface area contributed by atoms with E-state index in [4.69, 9.17) is 4.74 Å². The number of amides is 2. The number of carbonyl (C=O) groups is 3. The summed E-state index contributed by atoms with van der Waals surface area (Å²) in [5, 5.41) is 12.3. The van der Waals surface area contributed by atoms with Crippen LogP contribution in [0.1, 0.15) is 55.4 Å². The first-order chi connectivity index (χ1) is 11.6. The highest BCUT2D eigenvalue weighted by Crippen LogP contribution is 2.65. The van der Waals surface area contributed by atoms with Crippen molar-refractivity contribution in [2.24, 2.45) is 22.7 Å². The zero-order valence-corrected chi connectivity index (χ0v) is 17.0. The normalized spacial score (nSPS) is 28.2. The summed E-state index contributed by atoms with van der Waals surface area (Å²) in [5.74, 6) is -1.19. The Bertz CT molecular complexity index is 614. The summed E-state index contributed by atoms with van der Waals surface area (Å²) >= 11 is 0. The Morgan fingerprint density at radius 1 is 1.15 bits per heavy atom. The van der Waals surface area contributed by atoms with Gasteiger partial charge in [0.2, 0.25) is 5.91 Å². The number of carboxylic acids is 1. The van der Waals surface area contributed by atoms with Gasteiger partial charge in [-0.15, -0.1) is 0 Å². The molecular weight excluding hydrogens is 336 g/mol. The molecular formula is C19H32N2O5. The molecule has 2 amide bonds. The first kappa shape index (κ1) is 20.5. The van der Waals surface area contributed by atoms with Crippen LogP contribution in [0.2, 0.25) is 0 Å². The van der Waals surface area contributed by atoms with Crippen LogP contribution in [0.5, 0.6) is 0 Å². The average molecular weight is 368 g/mol. The van der Waals surface area contributed by atoms with Crippen molar-refractivity contribution in [1.82, 2.24) is 10.2 Å². The van der Waals surface area contributed by atoms with Crippen molar-refractivity contribution in [2.45, 2.75) is 73.1 Å². The van der Waals surface area contributed by atoms with Gasteiger partial charge in [-0.2, -0.15) is 0 Å². The van der Waals surface area contributed by atoms with Crippen LogP contribution < -0.4 is 5.32 Å². The van der Waals surface area contributed by atoms with Crippen molar-refractivity contribution in [3.05, 3.63) is 0 Å². The van der Waals surface area contributed by atoms with Crippen molar-refractivity contribution in [1.29, 1.82) is 0 Å². The van der Waals surface area contributed by atoms with E-state index in [0.29, 0.717) is 6.54 Å². The minimum absolute atomic E-state index is 0.0360. The third-order valence-corrected chi connectivity index (χ3v) is 5.52. The molecule has 2 rings (SSSR count). The van der Waals surface area contributed by atoms with E-state index in [1.54, 1.807) is 20.8 Å². The van der Waals surface area contributed by atoms with Crippen LogP contribution >= 0.6 is 0 Å². The Labute approximate surface area is 155 Å². The molecule has 1 saturated heterocycles. The van der Waals surface area contributed by atoms with Crippen LogP contribution in [0.15, 0.2) is 0 Å². The minimum atomic E-state index is -0.985. The quantitative estimate of drug-likeness (QED) is 0.798. The van der Waals surface area contributed by atoms with Gasteiger partial charge in [-0.1, -0.05) is 34.6 Å². The number of nitrogens with zero attached hydrogens (tertiary/aromatic N) is 1. The summed E-state index contributed by atoms with van der Waals surface area (Å²) in [5.41, 5.74) is -1.33. The fourth-order valence-electron chi connectivity index (χ4n) is 4.04. The van der Waals surface area contributed by atoms with Gasteiger partial charge in [-0.25, -0.2) is 9.59 Å². The Hall–Kier alpha value is -1.79. The number of carboxylic acid groups (broad SMARTS) is 1. The molecule has 1 aliphatic carbocycles. The lowest BCUT2D eigenvalue weighted by Crippen LogP contribution is -2.58. The predicted molar refractivity (Wildman–Crippen MR) is 96.5 cm³/mol. The molecule has 0 aromatic heterocycles. The van der Waals surface area contributed by atoms with Gasteiger partial charge in [0.1, 0.15) is 17.7 Å². The van der Waals surface area contributed by atoms with E-state index < -0.39 is 35.2 Å². The van der Waals surface area contributed by atoms with Crippen molar-refractivity contribution in [2.75, 3.05) is 6.54 Å². The van der Waals surface area contributed by atoms with Crippen LogP contribution in [0, 0.1) is 22.7 Å². The van der Waals surface area contributed by atoms with Crippen molar-refractivity contribution >= 4 is 18.0 Å². The van der Waals surface area contributed by atoms with Crippen molar-refractivity contribution in [3.63, 3.8) is 0 Å². The highest BCUT2D eigenvalue weighted by atomic mass is 16.6. The molecule has 0 unspecified atom stereocenters.